The number of H-pyrrole nitrogens is 1. The van der Waals surface area contributed by atoms with Gasteiger partial charge in [0.15, 0.2) is 5.16 Å². The van der Waals surface area contributed by atoms with Crippen LogP contribution >= 0.6 is 11.8 Å². The summed E-state index contributed by atoms with van der Waals surface area (Å²) in [4.78, 5) is 5.28. The van der Waals surface area contributed by atoms with Crippen molar-refractivity contribution in [2.45, 2.75) is 42.8 Å². The Balaban J connectivity index is 2.00. The van der Waals surface area contributed by atoms with Crippen LogP contribution in [0.15, 0.2) is 40.6 Å². The Morgan fingerprint density at radius 2 is 2.05 bits per heavy atom. The molecule has 0 radical (unpaired) electrons. The fourth-order valence-electron chi connectivity index (χ4n) is 1.94. The zero-order valence-corrected chi connectivity index (χ0v) is 12.2. The summed E-state index contributed by atoms with van der Waals surface area (Å²) < 4.78 is 0. The zero-order valence-electron chi connectivity index (χ0n) is 11.4. The van der Waals surface area contributed by atoms with Crippen LogP contribution in [0.5, 0.6) is 0 Å². The van der Waals surface area contributed by atoms with E-state index in [1.54, 1.807) is 11.8 Å². The van der Waals surface area contributed by atoms with E-state index in [0.717, 1.165) is 24.5 Å². The molecule has 1 atom stereocenters. The van der Waals surface area contributed by atoms with Crippen molar-refractivity contribution >= 4 is 11.8 Å². The van der Waals surface area contributed by atoms with Gasteiger partial charge in [-0.3, -0.25) is 5.10 Å². The summed E-state index contributed by atoms with van der Waals surface area (Å²) >= 11 is 1.59. The molecule has 1 unspecified atom stereocenters. The molecule has 0 saturated carbocycles. The number of nitrogens with one attached hydrogen (secondary N) is 2. The van der Waals surface area contributed by atoms with Crippen LogP contribution in [0.25, 0.3) is 0 Å². The molecule has 0 fully saturated rings. The van der Waals surface area contributed by atoms with E-state index in [-0.39, 0.29) is 0 Å². The average molecular weight is 276 g/mol. The third-order valence-electron chi connectivity index (χ3n) is 2.94. The largest absolute Gasteiger partial charge is 0.310 e. The van der Waals surface area contributed by atoms with Gasteiger partial charge in [-0.1, -0.05) is 37.7 Å². The van der Waals surface area contributed by atoms with Gasteiger partial charge in [0.05, 0.1) is 0 Å². The third kappa shape index (κ3) is 4.08. The summed E-state index contributed by atoms with van der Waals surface area (Å²) in [5.74, 6) is 0. The molecular weight excluding hydrogens is 256 g/mol. The van der Waals surface area contributed by atoms with Crippen LogP contribution < -0.4 is 5.32 Å². The first-order valence-electron chi connectivity index (χ1n) is 6.70. The van der Waals surface area contributed by atoms with E-state index in [2.05, 4.69) is 58.6 Å². The summed E-state index contributed by atoms with van der Waals surface area (Å²) in [6.07, 6.45) is 3.79. The minimum atomic E-state index is 0.448. The van der Waals surface area contributed by atoms with Crippen molar-refractivity contribution in [3.8, 4) is 0 Å². The van der Waals surface area contributed by atoms with Gasteiger partial charge in [-0.25, -0.2) is 4.98 Å². The highest BCUT2D eigenvalue weighted by molar-refractivity contribution is 7.99. The lowest BCUT2D eigenvalue weighted by Crippen LogP contribution is -2.21. The molecule has 5 heteroatoms. The maximum Gasteiger partial charge on any atom is 0.188 e. The zero-order chi connectivity index (χ0) is 13.5. The molecule has 2 N–H and O–H groups in total. The van der Waals surface area contributed by atoms with E-state index in [1.165, 1.54) is 16.8 Å². The molecule has 0 spiro atoms. The second kappa shape index (κ2) is 7.31. The van der Waals surface area contributed by atoms with Crippen molar-refractivity contribution in [3.63, 3.8) is 0 Å². The van der Waals surface area contributed by atoms with Crippen LogP contribution in [0.4, 0.5) is 0 Å². The maximum atomic E-state index is 4.11. The van der Waals surface area contributed by atoms with Gasteiger partial charge in [-0.2, -0.15) is 5.10 Å². The molecule has 0 amide bonds. The molecule has 1 heterocycles. The van der Waals surface area contributed by atoms with Crippen LogP contribution in [0.2, 0.25) is 0 Å². The van der Waals surface area contributed by atoms with Crippen molar-refractivity contribution in [1.82, 2.24) is 20.5 Å². The first-order valence-corrected chi connectivity index (χ1v) is 7.51. The molecule has 102 valence electrons. The Labute approximate surface area is 118 Å². The molecule has 19 heavy (non-hydrogen) atoms. The Morgan fingerprint density at radius 1 is 1.26 bits per heavy atom. The standard InChI is InChI=1S/C14H20N4S/c1-3-9-15-13(4-2)11-5-7-12(8-6-11)19-14-16-10-17-18-14/h5-8,10,13,15H,3-4,9H2,1-2H3,(H,16,17,18). The van der Waals surface area contributed by atoms with Crippen molar-refractivity contribution in [2.24, 2.45) is 0 Å². The monoisotopic (exact) mass is 276 g/mol. The number of aromatic nitrogens is 3. The predicted octanol–water partition coefficient (Wildman–Crippen LogP) is 3.41. The van der Waals surface area contributed by atoms with E-state index < -0.39 is 0 Å². The van der Waals surface area contributed by atoms with Crippen molar-refractivity contribution in [1.29, 1.82) is 0 Å². The topological polar surface area (TPSA) is 53.6 Å². The van der Waals surface area contributed by atoms with Crippen LogP contribution in [-0.4, -0.2) is 21.7 Å². The highest BCUT2D eigenvalue weighted by atomic mass is 32.2. The number of nitrogens with zero attached hydrogens (tertiary/aromatic N) is 2. The summed E-state index contributed by atoms with van der Waals surface area (Å²) in [6.45, 7) is 5.47. The van der Waals surface area contributed by atoms with Crippen LogP contribution in [0.3, 0.4) is 0 Å². The van der Waals surface area contributed by atoms with Gasteiger partial charge in [0, 0.05) is 10.9 Å². The second-order valence-electron chi connectivity index (χ2n) is 4.38. The minimum absolute atomic E-state index is 0.448. The molecule has 0 saturated heterocycles. The van der Waals surface area contributed by atoms with Crippen LogP contribution in [0.1, 0.15) is 38.3 Å². The molecular formula is C14H20N4S. The molecule has 0 bridgehead atoms. The third-order valence-corrected chi connectivity index (χ3v) is 3.84. The Morgan fingerprint density at radius 3 is 2.63 bits per heavy atom. The molecule has 2 aromatic rings. The van der Waals surface area contributed by atoms with Crippen molar-refractivity contribution < 1.29 is 0 Å². The quantitative estimate of drug-likeness (QED) is 0.813. The first-order chi connectivity index (χ1) is 9.33. The van der Waals surface area contributed by atoms with Gasteiger partial charge in [0.25, 0.3) is 0 Å². The van der Waals surface area contributed by atoms with E-state index >= 15 is 0 Å². The van der Waals surface area contributed by atoms with Crippen molar-refractivity contribution in [2.75, 3.05) is 6.54 Å². The fourth-order valence-corrected chi connectivity index (χ4v) is 2.63. The number of rotatable bonds is 7. The highest BCUT2D eigenvalue weighted by Crippen LogP contribution is 2.26. The van der Waals surface area contributed by atoms with E-state index in [0.29, 0.717) is 6.04 Å². The molecule has 1 aromatic carbocycles. The van der Waals surface area contributed by atoms with Gasteiger partial charge in [-0.05, 0) is 37.1 Å². The second-order valence-corrected chi connectivity index (χ2v) is 5.44. The lowest BCUT2D eigenvalue weighted by Gasteiger charge is -2.17. The Hall–Kier alpha value is -1.33. The summed E-state index contributed by atoms with van der Waals surface area (Å²) in [7, 11) is 0. The van der Waals surface area contributed by atoms with E-state index in [9.17, 15) is 0 Å². The lowest BCUT2D eigenvalue weighted by atomic mass is 10.0. The predicted molar refractivity (Wildman–Crippen MR) is 78.3 cm³/mol. The van der Waals surface area contributed by atoms with Crippen LogP contribution in [-0.2, 0) is 0 Å². The number of aromatic amines is 1. The van der Waals surface area contributed by atoms with Gasteiger partial charge < -0.3 is 5.32 Å². The average Bonchev–Trinajstić information content (AvgIpc) is 2.94. The van der Waals surface area contributed by atoms with E-state index in [1.807, 2.05) is 0 Å². The highest BCUT2D eigenvalue weighted by Gasteiger charge is 2.08. The van der Waals surface area contributed by atoms with Gasteiger partial charge in [0.2, 0.25) is 0 Å². The SMILES string of the molecule is CCCNC(CC)c1ccc(Sc2ncn[nH]2)cc1. The molecule has 0 aliphatic carbocycles. The molecule has 4 nitrogen and oxygen atoms in total. The number of hydrogen-bond donors (Lipinski definition) is 2. The Kier molecular flexibility index (Phi) is 5.42. The van der Waals surface area contributed by atoms with Crippen molar-refractivity contribution in [3.05, 3.63) is 36.2 Å². The minimum Gasteiger partial charge on any atom is -0.310 e. The maximum absolute atomic E-state index is 4.11. The summed E-state index contributed by atoms with van der Waals surface area (Å²) in [5, 5.41) is 11.1. The van der Waals surface area contributed by atoms with Gasteiger partial charge in [0.1, 0.15) is 6.33 Å². The fraction of sp³-hybridized carbons (Fsp3) is 0.429. The van der Waals surface area contributed by atoms with Gasteiger partial charge in [-0.15, -0.1) is 0 Å². The normalized spacial score (nSPS) is 12.5. The first kappa shape index (κ1) is 14.1. The van der Waals surface area contributed by atoms with Gasteiger partial charge >= 0.3 is 0 Å². The lowest BCUT2D eigenvalue weighted by molar-refractivity contribution is 0.518. The molecule has 1 aromatic heterocycles. The number of benzene rings is 1. The molecule has 0 aliphatic rings. The summed E-state index contributed by atoms with van der Waals surface area (Å²) in [6, 6.07) is 9.10. The summed E-state index contributed by atoms with van der Waals surface area (Å²) in [5.41, 5.74) is 1.35. The molecule has 2 rings (SSSR count). The number of hydrogen-bond acceptors (Lipinski definition) is 4. The smallest absolute Gasteiger partial charge is 0.188 e. The Bertz CT molecular complexity index is 467. The van der Waals surface area contributed by atoms with Crippen LogP contribution in [0, 0.1) is 0 Å². The van der Waals surface area contributed by atoms with E-state index in [4.69, 9.17) is 0 Å². The molecule has 0 aliphatic heterocycles.